The van der Waals surface area contributed by atoms with E-state index in [1.807, 2.05) is 47.4 Å². The van der Waals surface area contributed by atoms with Gasteiger partial charge in [0.05, 0.1) is 6.26 Å². The highest BCUT2D eigenvalue weighted by molar-refractivity contribution is 5.91. The number of benzene rings is 2. The van der Waals surface area contributed by atoms with Crippen LogP contribution in [0.2, 0.25) is 0 Å². The van der Waals surface area contributed by atoms with Crippen molar-refractivity contribution >= 4 is 5.91 Å². The topological polar surface area (TPSA) is 61.1 Å². The number of furan rings is 1. The van der Waals surface area contributed by atoms with Crippen LogP contribution < -0.4 is 14.2 Å². The van der Waals surface area contributed by atoms with Crippen molar-refractivity contribution in [3.8, 4) is 17.2 Å². The first-order chi connectivity index (χ1) is 15.3. The molecule has 0 atom stereocenters. The zero-order valence-corrected chi connectivity index (χ0v) is 17.3. The molecule has 160 valence electrons. The summed E-state index contributed by atoms with van der Waals surface area (Å²) in [5, 5.41) is 0. The van der Waals surface area contributed by atoms with Crippen LogP contribution in [0.1, 0.15) is 47.4 Å². The molecule has 1 aliphatic carbocycles. The van der Waals surface area contributed by atoms with Gasteiger partial charge in [0.15, 0.2) is 17.3 Å². The Balaban J connectivity index is 1.28. The Kier molecular flexibility index (Phi) is 5.52. The summed E-state index contributed by atoms with van der Waals surface area (Å²) in [6.45, 7) is 1.22. The molecule has 6 nitrogen and oxygen atoms in total. The molecule has 1 aromatic heterocycles. The average Bonchev–Trinajstić information content (AvgIpc) is 3.57. The van der Waals surface area contributed by atoms with Gasteiger partial charge in [-0.1, -0.05) is 31.0 Å². The van der Waals surface area contributed by atoms with Crippen molar-refractivity contribution in [3.05, 3.63) is 77.7 Å². The van der Waals surface area contributed by atoms with Crippen molar-refractivity contribution in [2.24, 2.45) is 0 Å². The lowest BCUT2D eigenvalue weighted by Crippen LogP contribution is -2.38. The largest absolute Gasteiger partial charge is 0.489 e. The molecule has 2 aliphatic rings. The van der Waals surface area contributed by atoms with E-state index in [-0.39, 0.29) is 18.7 Å². The van der Waals surface area contributed by atoms with Gasteiger partial charge in [-0.3, -0.25) is 4.79 Å². The van der Waals surface area contributed by atoms with E-state index in [2.05, 4.69) is 0 Å². The molecular formula is C25H25NO5. The summed E-state index contributed by atoms with van der Waals surface area (Å²) in [6, 6.07) is 17.5. The Morgan fingerprint density at radius 2 is 1.84 bits per heavy atom. The molecule has 1 aliphatic heterocycles. The van der Waals surface area contributed by atoms with Gasteiger partial charge in [0.2, 0.25) is 6.79 Å². The molecule has 0 spiro atoms. The number of fused-ring (bicyclic) bond motifs is 1. The van der Waals surface area contributed by atoms with Crippen LogP contribution in [0.4, 0.5) is 0 Å². The van der Waals surface area contributed by atoms with Crippen LogP contribution in [0.5, 0.6) is 17.2 Å². The summed E-state index contributed by atoms with van der Waals surface area (Å²) in [5.74, 6) is 2.62. The number of rotatable bonds is 7. The van der Waals surface area contributed by atoms with Crippen molar-refractivity contribution < 1.29 is 23.4 Å². The van der Waals surface area contributed by atoms with E-state index in [0.717, 1.165) is 54.1 Å². The molecule has 0 radical (unpaired) electrons. The third-order valence-electron chi connectivity index (χ3n) is 5.85. The zero-order valence-electron chi connectivity index (χ0n) is 17.3. The monoisotopic (exact) mass is 419 g/mol. The van der Waals surface area contributed by atoms with Gasteiger partial charge in [0.1, 0.15) is 12.4 Å². The van der Waals surface area contributed by atoms with E-state index in [4.69, 9.17) is 18.6 Å². The average molecular weight is 419 g/mol. The maximum absolute atomic E-state index is 13.1. The first-order valence-corrected chi connectivity index (χ1v) is 10.7. The van der Waals surface area contributed by atoms with Crippen molar-refractivity contribution in [1.29, 1.82) is 0 Å². The second-order valence-corrected chi connectivity index (χ2v) is 7.97. The number of nitrogens with zero attached hydrogens (tertiary/aromatic N) is 1. The van der Waals surface area contributed by atoms with E-state index in [9.17, 15) is 4.79 Å². The smallest absolute Gasteiger partial charge is 0.290 e. The van der Waals surface area contributed by atoms with Crippen molar-refractivity contribution in [2.75, 3.05) is 6.79 Å². The van der Waals surface area contributed by atoms with E-state index >= 15 is 0 Å². The fourth-order valence-corrected chi connectivity index (χ4v) is 4.25. The summed E-state index contributed by atoms with van der Waals surface area (Å²) in [6.07, 6.45) is 5.93. The van der Waals surface area contributed by atoms with Gasteiger partial charge in [0.25, 0.3) is 5.91 Å². The standard InChI is InChI=1S/C25H25NO5/c27-25(23-9-4-12-28-23)26(20-6-1-2-7-20)15-18-5-3-8-21(13-18)29-16-19-10-11-22-24(14-19)31-17-30-22/h3-5,8-14,20H,1-2,6-7,15-17H2. The Hall–Kier alpha value is -3.41. The van der Waals surface area contributed by atoms with Crippen LogP contribution in [-0.4, -0.2) is 23.6 Å². The minimum Gasteiger partial charge on any atom is -0.489 e. The van der Waals surface area contributed by atoms with Gasteiger partial charge in [-0.15, -0.1) is 0 Å². The molecular weight excluding hydrogens is 394 g/mol. The minimum absolute atomic E-state index is 0.0522. The van der Waals surface area contributed by atoms with Gasteiger partial charge < -0.3 is 23.5 Å². The number of ether oxygens (including phenoxy) is 3. The molecule has 2 aromatic carbocycles. The SMILES string of the molecule is O=C(c1ccco1)N(Cc1cccc(OCc2ccc3c(c2)OCO3)c1)C1CCCC1. The third-order valence-corrected chi connectivity index (χ3v) is 5.85. The molecule has 0 N–H and O–H groups in total. The molecule has 5 rings (SSSR count). The quantitative estimate of drug-likeness (QED) is 0.529. The second kappa shape index (κ2) is 8.76. The third kappa shape index (κ3) is 4.38. The lowest BCUT2D eigenvalue weighted by Gasteiger charge is -2.28. The fraction of sp³-hybridized carbons (Fsp3) is 0.320. The lowest BCUT2D eigenvalue weighted by molar-refractivity contribution is 0.0631. The number of hydrogen-bond acceptors (Lipinski definition) is 5. The predicted octanol–water partition coefficient (Wildman–Crippen LogP) is 5.17. The van der Waals surface area contributed by atoms with Gasteiger partial charge in [0, 0.05) is 12.6 Å². The van der Waals surface area contributed by atoms with E-state index in [0.29, 0.717) is 18.9 Å². The number of carbonyl (C=O) groups excluding carboxylic acids is 1. The highest BCUT2D eigenvalue weighted by Crippen LogP contribution is 2.33. The zero-order chi connectivity index (χ0) is 21.0. The molecule has 1 fully saturated rings. The minimum atomic E-state index is -0.0522. The second-order valence-electron chi connectivity index (χ2n) is 7.97. The lowest BCUT2D eigenvalue weighted by atomic mass is 10.1. The normalized spacial score (nSPS) is 15.2. The van der Waals surface area contributed by atoms with Gasteiger partial charge in [-0.25, -0.2) is 0 Å². The molecule has 2 heterocycles. The summed E-state index contributed by atoms with van der Waals surface area (Å²) in [4.78, 5) is 15.0. The highest BCUT2D eigenvalue weighted by atomic mass is 16.7. The summed E-state index contributed by atoms with van der Waals surface area (Å²) in [5.41, 5.74) is 2.05. The number of amides is 1. The Labute approximate surface area is 181 Å². The van der Waals surface area contributed by atoms with E-state index in [1.54, 1.807) is 18.4 Å². The molecule has 31 heavy (non-hydrogen) atoms. The van der Waals surface area contributed by atoms with Gasteiger partial charge in [-0.05, 0) is 60.4 Å². The van der Waals surface area contributed by atoms with Crippen LogP contribution in [0, 0.1) is 0 Å². The van der Waals surface area contributed by atoms with Crippen molar-refractivity contribution in [1.82, 2.24) is 4.90 Å². The molecule has 6 heteroatoms. The maximum Gasteiger partial charge on any atom is 0.290 e. The van der Waals surface area contributed by atoms with E-state index in [1.165, 1.54) is 0 Å². The summed E-state index contributed by atoms with van der Waals surface area (Å²) < 4.78 is 22.2. The molecule has 0 bridgehead atoms. The number of carbonyl (C=O) groups is 1. The Morgan fingerprint density at radius 3 is 2.68 bits per heavy atom. The molecule has 0 saturated heterocycles. The summed E-state index contributed by atoms with van der Waals surface area (Å²) >= 11 is 0. The van der Waals surface area contributed by atoms with Crippen LogP contribution in [0.3, 0.4) is 0 Å². The molecule has 0 unspecified atom stereocenters. The Bertz CT molecular complexity index is 1040. The van der Waals surface area contributed by atoms with Gasteiger partial charge >= 0.3 is 0 Å². The fourth-order valence-electron chi connectivity index (χ4n) is 4.25. The molecule has 3 aromatic rings. The predicted molar refractivity (Wildman–Crippen MR) is 114 cm³/mol. The maximum atomic E-state index is 13.1. The van der Waals surface area contributed by atoms with Crippen molar-refractivity contribution in [3.63, 3.8) is 0 Å². The Morgan fingerprint density at radius 1 is 0.968 bits per heavy atom. The first-order valence-electron chi connectivity index (χ1n) is 10.7. The van der Waals surface area contributed by atoms with Crippen LogP contribution in [0.15, 0.2) is 65.3 Å². The summed E-state index contributed by atoms with van der Waals surface area (Å²) in [7, 11) is 0. The van der Waals surface area contributed by atoms with Crippen LogP contribution in [-0.2, 0) is 13.2 Å². The van der Waals surface area contributed by atoms with E-state index < -0.39 is 0 Å². The molecule has 1 amide bonds. The molecule has 1 saturated carbocycles. The van der Waals surface area contributed by atoms with Crippen molar-refractivity contribution in [2.45, 2.75) is 44.9 Å². The first kappa shape index (κ1) is 19.5. The van der Waals surface area contributed by atoms with Crippen LogP contribution >= 0.6 is 0 Å². The van der Waals surface area contributed by atoms with Gasteiger partial charge in [-0.2, -0.15) is 0 Å². The number of hydrogen-bond donors (Lipinski definition) is 0. The van der Waals surface area contributed by atoms with Crippen LogP contribution in [0.25, 0.3) is 0 Å². The highest BCUT2D eigenvalue weighted by Gasteiger charge is 2.29.